The van der Waals surface area contributed by atoms with Gasteiger partial charge in [-0.15, -0.1) is 0 Å². The van der Waals surface area contributed by atoms with Crippen LogP contribution in [0, 0.1) is 5.92 Å². The Balaban J connectivity index is 1.90. The lowest BCUT2D eigenvalue weighted by molar-refractivity contribution is 0.199. The molecular weight excluding hydrogens is 314 g/mol. The Kier molecular flexibility index (Phi) is 4.37. The van der Waals surface area contributed by atoms with Crippen molar-refractivity contribution in [3.63, 3.8) is 0 Å². The minimum atomic E-state index is -0.410. The van der Waals surface area contributed by atoms with E-state index in [9.17, 15) is 5.11 Å². The zero-order valence-electron chi connectivity index (χ0n) is 12.2. The first-order valence-corrected chi connectivity index (χ1v) is 8.70. The molecule has 2 nitrogen and oxygen atoms in total. The van der Waals surface area contributed by atoms with E-state index >= 15 is 0 Å². The highest BCUT2D eigenvalue weighted by molar-refractivity contribution is 9.10. The van der Waals surface area contributed by atoms with E-state index in [2.05, 4.69) is 39.0 Å². The maximum absolute atomic E-state index is 10.1. The third-order valence-electron chi connectivity index (χ3n) is 4.99. The smallest absolute Gasteiger partial charge is 0.0782 e. The van der Waals surface area contributed by atoms with Crippen LogP contribution in [0.4, 0.5) is 5.69 Å². The first kappa shape index (κ1) is 14.4. The van der Waals surface area contributed by atoms with Gasteiger partial charge < -0.3 is 10.0 Å². The summed E-state index contributed by atoms with van der Waals surface area (Å²) in [6.45, 7) is 3.01. The normalized spacial score (nSPS) is 25.4. The summed E-state index contributed by atoms with van der Waals surface area (Å²) in [5.74, 6) is 0.864. The molecule has 1 aliphatic carbocycles. The van der Waals surface area contributed by atoms with Gasteiger partial charge in [-0.1, -0.05) is 28.8 Å². The zero-order chi connectivity index (χ0) is 14.1. The lowest BCUT2D eigenvalue weighted by atomic mass is 9.95. The molecule has 0 spiro atoms. The molecule has 3 heteroatoms. The molecule has 0 aromatic heterocycles. The Bertz CT molecular complexity index is 468. The van der Waals surface area contributed by atoms with E-state index in [1.54, 1.807) is 0 Å². The van der Waals surface area contributed by atoms with Crippen molar-refractivity contribution in [2.45, 2.75) is 57.6 Å². The Morgan fingerprint density at radius 3 is 2.65 bits per heavy atom. The lowest BCUT2D eigenvalue weighted by Gasteiger charge is -2.33. The Morgan fingerprint density at radius 1 is 1.20 bits per heavy atom. The maximum atomic E-state index is 10.1. The second-order valence-electron chi connectivity index (χ2n) is 6.33. The van der Waals surface area contributed by atoms with Crippen LogP contribution in [0.5, 0.6) is 0 Å². The molecule has 1 aliphatic heterocycles. The number of hydrogen-bond acceptors (Lipinski definition) is 2. The molecule has 1 aromatic rings. The molecule has 2 aliphatic rings. The van der Waals surface area contributed by atoms with Gasteiger partial charge in [0.05, 0.1) is 6.10 Å². The van der Waals surface area contributed by atoms with Crippen LogP contribution < -0.4 is 4.90 Å². The lowest BCUT2D eigenvalue weighted by Crippen LogP contribution is -2.35. The number of anilines is 1. The van der Waals surface area contributed by atoms with Crippen molar-refractivity contribution in [1.82, 2.24) is 0 Å². The predicted octanol–water partition coefficient (Wildman–Crippen LogP) is 4.66. The van der Waals surface area contributed by atoms with Crippen molar-refractivity contribution in [2.75, 3.05) is 11.4 Å². The predicted molar refractivity (Wildman–Crippen MR) is 87.1 cm³/mol. The molecule has 3 rings (SSSR count). The summed E-state index contributed by atoms with van der Waals surface area (Å²) in [4.78, 5) is 2.57. The van der Waals surface area contributed by atoms with Crippen molar-refractivity contribution >= 4 is 21.6 Å². The molecule has 110 valence electrons. The van der Waals surface area contributed by atoms with Crippen molar-refractivity contribution in [3.8, 4) is 0 Å². The van der Waals surface area contributed by atoms with Crippen molar-refractivity contribution in [1.29, 1.82) is 0 Å². The number of aliphatic hydroxyl groups excluding tert-OH is 1. The maximum Gasteiger partial charge on any atom is 0.0782 e. The monoisotopic (exact) mass is 337 g/mol. The molecule has 1 saturated heterocycles. The second-order valence-corrected chi connectivity index (χ2v) is 7.24. The van der Waals surface area contributed by atoms with Crippen LogP contribution in [0.2, 0.25) is 0 Å². The molecule has 1 heterocycles. The summed E-state index contributed by atoms with van der Waals surface area (Å²) in [7, 11) is 0. The topological polar surface area (TPSA) is 23.5 Å². The van der Waals surface area contributed by atoms with E-state index in [4.69, 9.17) is 0 Å². The van der Waals surface area contributed by atoms with Gasteiger partial charge in [-0.3, -0.25) is 0 Å². The van der Waals surface area contributed by atoms with E-state index in [-0.39, 0.29) is 0 Å². The van der Waals surface area contributed by atoms with Gasteiger partial charge in [0.15, 0.2) is 0 Å². The minimum absolute atomic E-state index is 0.410. The molecule has 1 N–H and O–H groups in total. The number of nitrogens with zero attached hydrogens (tertiary/aromatic N) is 1. The zero-order valence-corrected chi connectivity index (χ0v) is 13.8. The van der Waals surface area contributed by atoms with Gasteiger partial charge in [0.25, 0.3) is 0 Å². The molecular formula is C17H24BrNO. The van der Waals surface area contributed by atoms with Gasteiger partial charge in [0, 0.05) is 28.3 Å². The third kappa shape index (κ3) is 2.75. The van der Waals surface area contributed by atoms with Crippen LogP contribution in [0.15, 0.2) is 22.7 Å². The number of halogens is 1. The van der Waals surface area contributed by atoms with Crippen LogP contribution in [0.25, 0.3) is 0 Å². The molecule has 2 atom stereocenters. The fourth-order valence-electron chi connectivity index (χ4n) is 4.05. The van der Waals surface area contributed by atoms with Gasteiger partial charge in [0.2, 0.25) is 0 Å². The molecule has 2 fully saturated rings. The first-order valence-electron chi connectivity index (χ1n) is 7.91. The van der Waals surface area contributed by atoms with Crippen LogP contribution >= 0.6 is 15.9 Å². The second kappa shape index (κ2) is 6.07. The van der Waals surface area contributed by atoms with Crippen LogP contribution in [0.3, 0.4) is 0 Å². The average molecular weight is 338 g/mol. The van der Waals surface area contributed by atoms with E-state index in [0.29, 0.717) is 6.04 Å². The molecule has 0 radical (unpaired) electrons. The molecule has 1 aromatic carbocycles. The number of rotatable bonds is 3. The summed E-state index contributed by atoms with van der Waals surface area (Å²) >= 11 is 3.52. The summed E-state index contributed by atoms with van der Waals surface area (Å²) in [5, 5.41) is 10.1. The van der Waals surface area contributed by atoms with Gasteiger partial charge in [-0.2, -0.15) is 0 Å². The molecule has 0 amide bonds. The van der Waals surface area contributed by atoms with Gasteiger partial charge in [0.1, 0.15) is 0 Å². The summed E-state index contributed by atoms with van der Waals surface area (Å²) in [5.41, 5.74) is 2.31. The van der Waals surface area contributed by atoms with Crippen molar-refractivity contribution in [2.24, 2.45) is 5.92 Å². The largest absolute Gasteiger partial charge is 0.389 e. The summed E-state index contributed by atoms with van der Waals surface area (Å²) in [6.07, 6.45) is 7.78. The fraction of sp³-hybridized carbons (Fsp3) is 0.647. The molecule has 0 bridgehead atoms. The van der Waals surface area contributed by atoms with E-state index in [1.165, 1.54) is 44.2 Å². The fourth-order valence-corrected chi connectivity index (χ4v) is 4.42. The van der Waals surface area contributed by atoms with E-state index < -0.39 is 6.10 Å². The van der Waals surface area contributed by atoms with Crippen molar-refractivity contribution < 1.29 is 5.11 Å². The standard InChI is InChI=1S/C17H24BrNO/c1-12(20)15-11-14(18)8-9-17(15)19-10-4-7-16(19)13-5-2-3-6-13/h8-9,11-13,16,20H,2-7,10H2,1H3. The Morgan fingerprint density at radius 2 is 1.95 bits per heavy atom. The number of hydrogen-bond donors (Lipinski definition) is 1. The highest BCUT2D eigenvalue weighted by Crippen LogP contribution is 2.40. The van der Waals surface area contributed by atoms with E-state index in [1.807, 2.05) is 6.92 Å². The van der Waals surface area contributed by atoms with Gasteiger partial charge in [-0.25, -0.2) is 0 Å². The number of aliphatic hydroxyl groups is 1. The minimum Gasteiger partial charge on any atom is -0.389 e. The van der Waals surface area contributed by atoms with Crippen LogP contribution in [-0.2, 0) is 0 Å². The van der Waals surface area contributed by atoms with Crippen LogP contribution in [0.1, 0.15) is 57.1 Å². The highest BCUT2D eigenvalue weighted by Gasteiger charge is 2.34. The van der Waals surface area contributed by atoms with Crippen LogP contribution in [-0.4, -0.2) is 17.7 Å². The molecule has 2 unspecified atom stereocenters. The Hall–Kier alpha value is -0.540. The van der Waals surface area contributed by atoms with Crippen molar-refractivity contribution in [3.05, 3.63) is 28.2 Å². The van der Waals surface area contributed by atoms with Gasteiger partial charge in [-0.05, 0) is 56.7 Å². The quantitative estimate of drug-likeness (QED) is 0.866. The molecule has 1 saturated carbocycles. The summed E-state index contributed by atoms with van der Waals surface area (Å²) in [6, 6.07) is 7.05. The third-order valence-corrected chi connectivity index (χ3v) is 5.49. The molecule has 20 heavy (non-hydrogen) atoms. The Labute approximate surface area is 130 Å². The summed E-state index contributed by atoms with van der Waals surface area (Å²) < 4.78 is 1.05. The first-order chi connectivity index (χ1) is 9.66. The highest BCUT2D eigenvalue weighted by atomic mass is 79.9. The average Bonchev–Trinajstić information content (AvgIpc) is 3.09. The number of benzene rings is 1. The SMILES string of the molecule is CC(O)c1cc(Br)ccc1N1CCCC1C1CCCC1. The van der Waals surface area contributed by atoms with E-state index in [0.717, 1.165) is 22.5 Å². The van der Waals surface area contributed by atoms with Gasteiger partial charge >= 0.3 is 0 Å².